The zero-order chi connectivity index (χ0) is 12.8. The van der Waals surface area contributed by atoms with E-state index in [2.05, 4.69) is 10.3 Å². The van der Waals surface area contributed by atoms with Crippen LogP contribution in [-0.2, 0) is 10.8 Å². The molecule has 2 unspecified atom stereocenters. The Hall–Kier alpha value is -1.12. The Kier molecular flexibility index (Phi) is 5.39. The molecule has 0 fully saturated rings. The van der Waals surface area contributed by atoms with Gasteiger partial charge in [-0.1, -0.05) is 11.6 Å². The molecule has 1 rings (SSSR count). The highest BCUT2D eigenvalue weighted by molar-refractivity contribution is 7.84. The van der Waals surface area contributed by atoms with E-state index in [0.717, 1.165) is 6.42 Å². The molecule has 2 atom stereocenters. The Morgan fingerprint density at radius 2 is 2.41 bits per heavy atom. The summed E-state index contributed by atoms with van der Waals surface area (Å²) < 4.78 is 11.0. The van der Waals surface area contributed by atoms with Crippen LogP contribution in [0.5, 0.6) is 0 Å². The molecule has 1 aromatic heterocycles. The molecule has 0 radical (unpaired) electrons. The third-order valence-electron chi connectivity index (χ3n) is 2.19. The minimum Gasteiger partial charge on any atom is -0.366 e. The predicted octanol–water partition coefficient (Wildman–Crippen LogP) is 2.18. The van der Waals surface area contributed by atoms with Gasteiger partial charge in [-0.3, -0.25) is 4.21 Å². The normalized spacial score (nSPS) is 13.8. The van der Waals surface area contributed by atoms with Crippen molar-refractivity contribution in [3.8, 4) is 6.07 Å². The van der Waals surface area contributed by atoms with Crippen LogP contribution in [0.2, 0.25) is 5.02 Å². The SMILES string of the molecule is CC(CCS(C)=O)Nc1ncc(C#N)cc1Cl. The summed E-state index contributed by atoms with van der Waals surface area (Å²) in [5.41, 5.74) is 0.433. The highest BCUT2D eigenvalue weighted by Gasteiger charge is 2.08. The lowest BCUT2D eigenvalue weighted by Gasteiger charge is -2.14. The third kappa shape index (κ3) is 4.72. The Labute approximate surface area is 108 Å². The molecule has 0 aliphatic rings. The summed E-state index contributed by atoms with van der Waals surface area (Å²) in [6.07, 6.45) is 3.93. The van der Waals surface area contributed by atoms with Gasteiger partial charge in [0.25, 0.3) is 0 Å². The molecular weight excluding hydrogens is 258 g/mol. The van der Waals surface area contributed by atoms with Gasteiger partial charge in [0.05, 0.1) is 10.6 Å². The van der Waals surface area contributed by atoms with Crippen LogP contribution < -0.4 is 5.32 Å². The van der Waals surface area contributed by atoms with Crippen LogP contribution in [0.3, 0.4) is 0 Å². The molecule has 0 amide bonds. The summed E-state index contributed by atoms with van der Waals surface area (Å²) in [6.45, 7) is 1.98. The van der Waals surface area contributed by atoms with Gasteiger partial charge in [-0.15, -0.1) is 0 Å². The van der Waals surface area contributed by atoms with E-state index in [1.807, 2.05) is 13.0 Å². The minimum atomic E-state index is -0.791. The summed E-state index contributed by atoms with van der Waals surface area (Å²) in [6, 6.07) is 3.68. The molecule has 92 valence electrons. The molecule has 0 aromatic carbocycles. The molecule has 17 heavy (non-hydrogen) atoms. The summed E-state index contributed by atoms with van der Waals surface area (Å²) in [7, 11) is -0.791. The molecule has 0 aliphatic heterocycles. The molecule has 1 heterocycles. The van der Waals surface area contributed by atoms with Crippen LogP contribution in [0.15, 0.2) is 12.3 Å². The Morgan fingerprint density at radius 1 is 1.71 bits per heavy atom. The third-order valence-corrected chi connectivity index (χ3v) is 3.29. The highest BCUT2D eigenvalue weighted by Crippen LogP contribution is 2.20. The molecule has 4 nitrogen and oxygen atoms in total. The van der Waals surface area contributed by atoms with Gasteiger partial charge < -0.3 is 5.32 Å². The number of nitrogens with one attached hydrogen (secondary N) is 1. The second-order valence-electron chi connectivity index (χ2n) is 3.78. The molecule has 6 heteroatoms. The van der Waals surface area contributed by atoms with Gasteiger partial charge >= 0.3 is 0 Å². The van der Waals surface area contributed by atoms with E-state index in [1.54, 1.807) is 12.3 Å². The lowest BCUT2D eigenvalue weighted by molar-refractivity contribution is 0.678. The van der Waals surface area contributed by atoms with E-state index in [0.29, 0.717) is 22.2 Å². The van der Waals surface area contributed by atoms with E-state index in [1.165, 1.54) is 6.20 Å². The fourth-order valence-corrected chi connectivity index (χ4v) is 2.16. The lowest BCUT2D eigenvalue weighted by Crippen LogP contribution is -2.18. The van der Waals surface area contributed by atoms with E-state index in [-0.39, 0.29) is 6.04 Å². The highest BCUT2D eigenvalue weighted by atomic mass is 35.5. The van der Waals surface area contributed by atoms with Gasteiger partial charge in [-0.05, 0) is 19.4 Å². The second kappa shape index (κ2) is 6.58. The topological polar surface area (TPSA) is 65.8 Å². The van der Waals surface area contributed by atoms with Crippen molar-refractivity contribution in [3.05, 3.63) is 22.8 Å². The zero-order valence-electron chi connectivity index (χ0n) is 9.74. The van der Waals surface area contributed by atoms with Crippen molar-refractivity contribution in [2.75, 3.05) is 17.3 Å². The first-order valence-corrected chi connectivity index (χ1v) is 7.25. The first-order valence-electron chi connectivity index (χ1n) is 5.15. The van der Waals surface area contributed by atoms with E-state index < -0.39 is 10.8 Å². The smallest absolute Gasteiger partial charge is 0.145 e. The minimum absolute atomic E-state index is 0.136. The summed E-state index contributed by atoms with van der Waals surface area (Å²) >= 11 is 5.98. The molecule has 1 aromatic rings. The maximum atomic E-state index is 11.0. The molecule has 0 saturated heterocycles. The van der Waals surface area contributed by atoms with Gasteiger partial charge in [0.1, 0.15) is 11.9 Å². The number of halogens is 1. The van der Waals surface area contributed by atoms with Gasteiger partial charge in [-0.25, -0.2) is 4.98 Å². The van der Waals surface area contributed by atoms with Crippen molar-refractivity contribution in [1.29, 1.82) is 5.26 Å². The van der Waals surface area contributed by atoms with Crippen LogP contribution in [-0.4, -0.2) is 27.2 Å². The summed E-state index contributed by atoms with van der Waals surface area (Å²) in [5, 5.41) is 12.2. The molecular formula is C11H14ClN3OS. The Balaban J connectivity index is 2.62. The summed E-state index contributed by atoms with van der Waals surface area (Å²) in [5.74, 6) is 1.20. The van der Waals surface area contributed by atoms with E-state index >= 15 is 0 Å². The first kappa shape index (κ1) is 13.9. The maximum Gasteiger partial charge on any atom is 0.145 e. The maximum absolute atomic E-state index is 11.0. The molecule has 0 bridgehead atoms. The average molecular weight is 272 g/mol. The number of anilines is 1. The number of rotatable bonds is 5. The molecule has 0 spiro atoms. The monoisotopic (exact) mass is 271 g/mol. The number of hydrogen-bond donors (Lipinski definition) is 1. The second-order valence-corrected chi connectivity index (χ2v) is 5.74. The summed E-state index contributed by atoms with van der Waals surface area (Å²) in [4.78, 5) is 4.07. The van der Waals surface area contributed by atoms with Crippen molar-refractivity contribution in [2.45, 2.75) is 19.4 Å². The average Bonchev–Trinajstić information content (AvgIpc) is 2.29. The van der Waals surface area contributed by atoms with Crippen LogP contribution in [0.4, 0.5) is 5.82 Å². The van der Waals surface area contributed by atoms with Crippen molar-refractivity contribution in [1.82, 2.24) is 4.98 Å². The van der Waals surface area contributed by atoms with E-state index in [9.17, 15) is 4.21 Å². The quantitative estimate of drug-likeness (QED) is 0.891. The zero-order valence-corrected chi connectivity index (χ0v) is 11.3. The number of hydrogen-bond acceptors (Lipinski definition) is 4. The number of aromatic nitrogens is 1. The van der Waals surface area contributed by atoms with E-state index in [4.69, 9.17) is 16.9 Å². The van der Waals surface area contributed by atoms with Crippen LogP contribution in [0, 0.1) is 11.3 Å². The van der Waals surface area contributed by atoms with Gasteiger partial charge in [-0.2, -0.15) is 5.26 Å². The number of nitriles is 1. The fourth-order valence-electron chi connectivity index (χ4n) is 1.25. The molecule has 0 aliphatic carbocycles. The van der Waals surface area contributed by atoms with Gasteiger partial charge in [0.15, 0.2) is 0 Å². The van der Waals surface area contributed by atoms with Gasteiger partial charge in [0.2, 0.25) is 0 Å². The first-order chi connectivity index (χ1) is 8.02. The standard InChI is InChI=1S/C11H14ClN3OS/c1-8(3-4-17(2)16)15-11-10(12)5-9(6-13)7-14-11/h5,7-8H,3-4H2,1-2H3,(H,14,15). The number of pyridine rings is 1. The Morgan fingerprint density at radius 3 is 2.94 bits per heavy atom. The molecule has 0 saturated carbocycles. The van der Waals surface area contributed by atoms with Crippen molar-refractivity contribution < 1.29 is 4.21 Å². The van der Waals surface area contributed by atoms with Crippen molar-refractivity contribution >= 4 is 28.2 Å². The largest absolute Gasteiger partial charge is 0.366 e. The molecule has 1 N–H and O–H groups in total. The predicted molar refractivity (Wildman–Crippen MR) is 70.6 cm³/mol. The lowest BCUT2D eigenvalue weighted by atomic mass is 10.2. The Bertz CT molecular complexity index is 459. The van der Waals surface area contributed by atoms with Crippen LogP contribution >= 0.6 is 11.6 Å². The van der Waals surface area contributed by atoms with Crippen molar-refractivity contribution in [3.63, 3.8) is 0 Å². The van der Waals surface area contributed by atoms with Gasteiger partial charge in [0, 0.05) is 35.0 Å². The van der Waals surface area contributed by atoms with Crippen LogP contribution in [0.25, 0.3) is 0 Å². The van der Waals surface area contributed by atoms with Crippen molar-refractivity contribution in [2.24, 2.45) is 0 Å². The number of nitrogens with zero attached hydrogens (tertiary/aromatic N) is 2. The van der Waals surface area contributed by atoms with Crippen LogP contribution in [0.1, 0.15) is 18.9 Å². The fraction of sp³-hybridized carbons (Fsp3) is 0.455.